The van der Waals surface area contributed by atoms with Crippen LogP contribution in [0, 0.1) is 0 Å². The lowest BCUT2D eigenvalue weighted by Crippen LogP contribution is -2.31. The number of hydrogen-bond donors (Lipinski definition) is 1. The summed E-state index contributed by atoms with van der Waals surface area (Å²) in [6.07, 6.45) is 5.44. The number of aromatic nitrogens is 2. The van der Waals surface area contributed by atoms with Gasteiger partial charge in [-0.15, -0.1) is 0 Å². The molecule has 0 amide bonds. The number of nitrogens with one attached hydrogen (secondary N) is 1. The molecule has 0 spiro atoms. The van der Waals surface area contributed by atoms with E-state index < -0.39 is 0 Å². The number of benzene rings is 1. The van der Waals surface area contributed by atoms with Gasteiger partial charge in [0.25, 0.3) is 0 Å². The molecule has 2 aromatic rings. The number of piperidine rings is 1. The van der Waals surface area contributed by atoms with Crippen LogP contribution in [0.25, 0.3) is 0 Å². The van der Waals surface area contributed by atoms with E-state index in [1.165, 1.54) is 19.3 Å². The lowest BCUT2D eigenvalue weighted by molar-refractivity contribution is 0.568. The van der Waals surface area contributed by atoms with E-state index >= 15 is 0 Å². The maximum Gasteiger partial charge on any atom is 0.227 e. The summed E-state index contributed by atoms with van der Waals surface area (Å²) in [5.74, 6) is 1.48. The van der Waals surface area contributed by atoms with Crippen LogP contribution in [0.2, 0.25) is 10.0 Å². The van der Waals surface area contributed by atoms with Crippen molar-refractivity contribution in [3.63, 3.8) is 0 Å². The summed E-state index contributed by atoms with van der Waals surface area (Å²) in [6.45, 7) is 2.03. The molecule has 3 rings (SSSR count). The Hall–Kier alpha value is -1.52. The molecule has 1 aromatic carbocycles. The van der Waals surface area contributed by atoms with Crippen molar-refractivity contribution in [2.24, 2.45) is 0 Å². The van der Waals surface area contributed by atoms with Crippen molar-refractivity contribution < 1.29 is 0 Å². The quantitative estimate of drug-likeness (QED) is 0.902. The fraction of sp³-hybridized carbons (Fsp3) is 0.333. The molecule has 1 aliphatic heterocycles. The van der Waals surface area contributed by atoms with Gasteiger partial charge in [0, 0.05) is 19.3 Å². The zero-order valence-electron chi connectivity index (χ0n) is 11.5. The molecule has 21 heavy (non-hydrogen) atoms. The molecule has 1 fully saturated rings. The van der Waals surface area contributed by atoms with Gasteiger partial charge in [0.05, 0.1) is 15.7 Å². The Morgan fingerprint density at radius 1 is 1.05 bits per heavy atom. The highest BCUT2D eigenvalue weighted by atomic mass is 35.5. The Bertz CT molecular complexity index is 627. The summed E-state index contributed by atoms with van der Waals surface area (Å²) in [5, 5.41) is 4.22. The third-order valence-corrected chi connectivity index (χ3v) is 4.32. The van der Waals surface area contributed by atoms with Gasteiger partial charge >= 0.3 is 0 Å². The van der Waals surface area contributed by atoms with Crippen LogP contribution in [-0.4, -0.2) is 23.1 Å². The lowest BCUT2D eigenvalue weighted by Gasteiger charge is -2.26. The van der Waals surface area contributed by atoms with Crippen molar-refractivity contribution in [3.8, 4) is 0 Å². The molecule has 0 saturated carbocycles. The van der Waals surface area contributed by atoms with Gasteiger partial charge in [0.2, 0.25) is 5.95 Å². The Morgan fingerprint density at radius 2 is 1.86 bits per heavy atom. The molecule has 1 aliphatic rings. The molecule has 1 aromatic heterocycles. The van der Waals surface area contributed by atoms with Gasteiger partial charge in [-0.3, -0.25) is 0 Å². The van der Waals surface area contributed by atoms with Gasteiger partial charge < -0.3 is 10.2 Å². The molecular weight excluding hydrogens is 307 g/mol. The number of anilines is 3. The Labute approximate surface area is 134 Å². The van der Waals surface area contributed by atoms with E-state index in [0.717, 1.165) is 30.5 Å². The van der Waals surface area contributed by atoms with Crippen LogP contribution < -0.4 is 10.2 Å². The predicted octanol–water partition coefficient (Wildman–Crippen LogP) is 4.52. The predicted molar refractivity (Wildman–Crippen MR) is 87.8 cm³/mol. The van der Waals surface area contributed by atoms with Crippen LogP contribution in [0.5, 0.6) is 0 Å². The van der Waals surface area contributed by atoms with Gasteiger partial charge in [0.1, 0.15) is 5.82 Å². The first-order chi connectivity index (χ1) is 10.2. The second-order valence-corrected chi connectivity index (χ2v) is 5.80. The third kappa shape index (κ3) is 3.39. The van der Waals surface area contributed by atoms with Crippen molar-refractivity contribution in [1.82, 2.24) is 9.97 Å². The smallest absolute Gasteiger partial charge is 0.227 e. The Balaban J connectivity index is 1.81. The maximum absolute atomic E-state index is 6.18. The van der Waals surface area contributed by atoms with Crippen LogP contribution >= 0.6 is 23.2 Å². The van der Waals surface area contributed by atoms with Crippen LogP contribution in [0.15, 0.2) is 30.5 Å². The molecule has 1 N–H and O–H groups in total. The van der Waals surface area contributed by atoms with E-state index in [0.29, 0.717) is 10.0 Å². The summed E-state index contributed by atoms with van der Waals surface area (Å²) in [5.41, 5.74) is 0.743. The maximum atomic E-state index is 6.18. The van der Waals surface area contributed by atoms with Crippen LogP contribution in [-0.2, 0) is 0 Å². The fourth-order valence-electron chi connectivity index (χ4n) is 2.40. The fourth-order valence-corrected chi connectivity index (χ4v) is 2.75. The zero-order valence-corrected chi connectivity index (χ0v) is 13.0. The minimum Gasteiger partial charge on any atom is -0.341 e. The van der Waals surface area contributed by atoms with Crippen molar-refractivity contribution >= 4 is 40.7 Å². The van der Waals surface area contributed by atoms with Crippen molar-refractivity contribution in [3.05, 3.63) is 40.5 Å². The molecule has 6 heteroatoms. The van der Waals surface area contributed by atoms with E-state index in [2.05, 4.69) is 20.2 Å². The normalized spacial score (nSPS) is 15.0. The van der Waals surface area contributed by atoms with Gasteiger partial charge in [-0.25, -0.2) is 4.98 Å². The number of halogens is 2. The van der Waals surface area contributed by atoms with E-state index in [1.54, 1.807) is 12.3 Å². The van der Waals surface area contributed by atoms with E-state index in [4.69, 9.17) is 23.2 Å². The molecule has 0 unspecified atom stereocenters. The average Bonchev–Trinajstić information content (AvgIpc) is 2.53. The second kappa shape index (κ2) is 6.50. The minimum absolute atomic E-state index is 0.498. The molecule has 110 valence electrons. The number of hydrogen-bond acceptors (Lipinski definition) is 4. The van der Waals surface area contributed by atoms with Gasteiger partial charge in [0.15, 0.2) is 0 Å². The SMILES string of the molecule is Clc1cccc(Nc2ccnc(N3CCCCC3)n2)c1Cl. The summed E-state index contributed by atoms with van der Waals surface area (Å²) in [4.78, 5) is 11.1. The van der Waals surface area contributed by atoms with Crippen LogP contribution in [0.3, 0.4) is 0 Å². The van der Waals surface area contributed by atoms with Crippen molar-refractivity contribution in [2.45, 2.75) is 19.3 Å². The molecule has 2 heterocycles. The first-order valence-corrected chi connectivity index (χ1v) is 7.79. The summed E-state index contributed by atoms with van der Waals surface area (Å²) < 4.78 is 0. The third-order valence-electron chi connectivity index (χ3n) is 3.50. The minimum atomic E-state index is 0.498. The van der Waals surface area contributed by atoms with E-state index in [9.17, 15) is 0 Å². The van der Waals surface area contributed by atoms with E-state index in [1.807, 2.05) is 18.2 Å². The molecular formula is C15H16Cl2N4. The monoisotopic (exact) mass is 322 g/mol. The van der Waals surface area contributed by atoms with Crippen molar-refractivity contribution in [1.29, 1.82) is 0 Å². The topological polar surface area (TPSA) is 41.1 Å². The summed E-state index contributed by atoms with van der Waals surface area (Å²) in [6, 6.07) is 7.30. The van der Waals surface area contributed by atoms with Crippen LogP contribution in [0.1, 0.15) is 19.3 Å². The zero-order chi connectivity index (χ0) is 14.7. The molecule has 4 nitrogen and oxygen atoms in total. The summed E-state index contributed by atoms with van der Waals surface area (Å²) in [7, 11) is 0. The molecule has 0 radical (unpaired) electrons. The van der Waals surface area contributed by atoms with Gasteiger partial charge in [-0.1, -0.05) is 29.3 Å². The van der Waals surface area contributed by atoms with E-state index in [-0.39, 0.29) is 0 Å². The number of rotatable bonds is 3. The Morgan fingerprint density at radius 3 is 2.67 bits per heavy atom. The van der Waals surface area contributed by atoms with Crippen molar-refractivity contribution in [2.75, 3.05) is 23.3 Å². The molecule has 0 bridgehead atoms. The highest BCUT2D eigenvalue weighted by molar-refractivity contribution is 6.43. The standard InChI is InChI=1S/C15H16Cl2N4/c16-11-5-4-6-12(14(11)17)19-13-7-8-18-15(20-13)21-9-2-1-3-10-21/h4-8H,1-3,9-10H2,(H,18,19,20). The largest absolute Gasteiger partial charge is 0.341 e. The van der Waals surface area contributed by atoms with Gasteiger partial charge in [-0.2, -0.15) is 4.98 Å². The first kappa shape index (κ1) is 14.4. The molecule has 1 saturated heterocycles. The summed E-state index contributed by atoms with van der Waals surface area (Å²) >= 11 is 12.2. The highest BCUT2D eigenvalue weighted by Gasteiger charge is 2.14. The Kier molecular flexibility index (Phi) is 4.46. The number of nitrogens with zero attached hydrogens (tertiary/aromatic N) is 3. The lowest BCUT2D eigenvalue weighted by atomic mass is 10.1. The molecule has 0 atom stereocenters. The average molecular weight is 323 g/mol. The first-order valence-electron chi connectivity index (χ1n) is 7.03. The second-order valence-electron chi connectivity index (χ2n) is 5.02. The van der Waals surface area contributed by atoms with Gasteiger partial charge in [-0.05, 0) is 37.5 Å². The van der Waals surface area contributed by atoms with Crippen LogP contribution in [0.4, 0.5) is 17.5 Å². The molecule has 0 aliphatic carbocycles. The highest BCUT2D eigenvalue weighted by Crippen LogP contribution is 2.31.